The molecule has 0 bridgehead atoms. The smallest absolute Gasteiger partial charge is 0.0340 e. The molecule has 1 N–H and O–H groups in total. The van der Waals surface area contributed by atoms with E-state index in [2.05, 4.69) is 42.4 Å². The highest BCUT2D eigenvalue weighted by atomic mass is 14.9. The molecule has 13 heavy (non-hydrogen) atoms. The van der Waals surface area contributed by atoms with E-state index < -0.39 is 0 Å². The summed E-state index contributed by atoms with van der Waals surface area (Å²) in [6.07, 6.45) is 8.44. The summed E-state index contributed by atoms with van der Waals surface area (Å²) in [7, 11) is 0. The minimum Gasteiger partial charge on any atom is -0.385 e. The fraction of sp³-hybridized carbons (Fsp3) is 0.333. The van der Waals surface area contributed by atoms with E-state index in [0.29, 0.717) is 0 Å². The lowest BCUT2D eigenvalue weighted by molar-refractivity contribution is 0.906. The van der Waals surface area contributed by atoms with Crippen LogP contribution in [0.1, 0.15) is 18.4 Å². The van der Waals surface area contributed by atoms with E-state index in [1.165, 1.54) is 5.56 Å². The van der Waals surface area contributed by atoms with Crippen molar-refractivity contribution in [2.24, 2.45) is 0 Å². The van der Waals surface area contributed by atoms with Crippen LogP contribution < -0.4 is 5.32 Å². The molecule has 0 aliphatic rings. The van der Waals surface area contributed by atoms with Gasteiger partial charge < -0.3 is 5.32 Å². The molecule has 0 unspecified atom stereocenters. The Bertz CT molecular complexity index is 279. The Morgan fingerprint density at radius 1 is 1.31 bits per heavy atom. The first-order chi connectivity index (χ1) is 6.33. The zero-order valence-electron chi connectivity index (χ0n) is 7.93. The van der Waals surface area contributed by atoms with Crippen molar-refractivity contribution in [2.45, 2.75) is 19.8 Å². The number of unbranched alkanes of at least 4 members (excludes halogenated alkanes) is 1. The summed E-state index contributed by atoms with van der Waals surface area (Å²) in [6.45, 7) is 2.99. The average Bonchev–Trinajstić information content (AvgIpc) is 2.15. The molecular weight excluding hydrogens is 158 g/mol. The van der Waals surface area contributed by atoms with Crippen molar-refractivity contribution >= 4 is 5.69 Å². The maximum Gasteiger partial charge on any atom is 0.0340 e. The van der Waals surface area contributed by atoms with Crippen LogP contribution in [0.25, 0.3) is 0 Å². The first kappa shape index (κ1) is 9.67. The molecule has 0 heterocycles. The number of nitrogens with one attached hydrogen (secondary N) is 1. The van der Waals surface area contributed by atoms with Crippen molar-refractivity contribution in [3.63, 3.8) is 0 Å². The van der Waals surface area contributed by atoms with Crippen molar-refractivity contribution in [1.82, 2.24) is 0 Å². The maximum atomic E-state index is 6.74. The molecular formula is C12H14N. The Morgan fingerprint density at radius 3 is 2.62 bits per heavy atom. The van der Waals surface area contributed by atoms with E-state index in [-0.39, 0.29) is 0 Å². The SMILES string of the molecule is [C]#CCCCNc1ccc(C)cc1. The summed E-state index contributed by atoms with van der Waals surface area (Å²) in [6, 6.07) is 8.32. The summed E-state index contributed by atoms with van der Waals surface area (Å²) in [5, 5.41) is 3.28. The van der Waals surface area contributed by atoms with E-state index in [0.717, 1.165) is 25.1 Å². The second-order valence-electron chi connectivity index (χ2n) is 3.07. The number of aryl methyl sites for hydroxylation is 1. The Balaban J connectivity index is 2.30. The largest absolute Gasteiger partial charge is 0.385 e. The zero-order chi connectivity index (χ0) is 9.52. The minimum atomic E-state index is 0.735. The van der Waals surface area contributed by atoms with Gasteiger partial charge in [-0.3, -0.25) is 0 Å². The molecule has 0 aliphatic heterocycles. The molecule has 0 atom stereocenters. The van der Waals surface area contributed by atoms with Crippen molar-refractivity contribution in [3.8, 4) is 5.92 Å². The van der Waals surface area contributed by atoms with Crippen LogP contribution in [0.4, 0.5) is 5.69 Å². The molecule has 1 nitrogen and oxygen atoms in total. The van der Waals surface area contributed by atoms with Crippen molar-refractivity contribution < 1.29 is 0 Å². The lowest BCUT2D eigenvalue weighted by Gasteiger charge is -2.04. The standard InChI is InChI=1S/C12H14N/c1-3-4-5-10-13-12-8-6-11(2)7-9-12/h6-9,13H,4-5,10H2,2H3. The Hall–Kier alpha value is -1.42. The van der Waals surface area contributed by atoms with Crippen LogP contribution in [0.3, 0.4) is 0 Å². The van der Waals surface area contributed by atoms with E-state index in [1.54, 1.807) is 0 Å². The molecule has 67 valence electrons. The fourth-order valence-corrected chi connectivity index (χ4v) is 1.08. The average molecular weight is 172 g/mol. The second kappa shape index (κ2) is 5.27. The maximum absolute atomic E-state index is 6.74. The minimum absolute atomic E-state index is 0.735. The molecule has 0 saturated carbocycles. The molecule has 1 aromatic rings. The van der Waals surface area contributed by atoms with Gasteiger partial charge in [0.2, 0.25) is 0 Å². The van der Waals surface area contributed by atoms with Crippen molar-refractivity contribution in [3.05, 3.63) is 36.3 Å². The Morgan fingerprint density at radius 2 is 2.00 bits per heavy atom. The van der Waals surface area contributed by atoms with Crippen LogP contribution in [0.15, 0.2) is 24.3 Å². The van der Waals surface area contributed by atoms with Crippen LogP contribution in [-0.4, -0.2) is 6.54 Å². The summed E-state index contributed by atoms with van der Waals surface area (Å²) in [5.74, 6) is 2.37. The Kier molecular flexibility index (Phi) is 3.92. The number of hydrogen-bond donors (Lipinski definition) is 1. The molecule has 0 aliphatic carbocycles. The number of benzene rings is 1. The van der Waals surface area contributed by atoms with Gasteiger partial charge in [0.05, 0.1) is 0 Å². The normalized spacial score (nSPS) is 9.23. The van der Waals surface area contributed by atoms with E-state index in [9.17, 15) is 0 Å². The molecule has 0 saturated heterocycles. The molecule has 1 radical (unpaired) electrons. The summed E-state index contributed by atoms with van der Waals surface area (Å²) < 4.78 is 0. The van der Waals surface area contributed by atoms with E-state index in [1.807, 2.05) is 0 Å². The summed E-state index contributed by atoms with van der Waals surface area (Å²) in [4.78, 5) is 0. The lowest BCUT2D eigenvalue weighted by atomic mass is 10.2. The third kappa shape index (κ3) is 3.66. The Labute approximate surface area is 80.2 Å². The topological polar surface area (TPSA) is 12.0 Å². The zero-order valence-corrected chi connectivity index (χ0v) is 7.93. The van der Waals surface area contributed by atoms with Crippen LogP contribution in [0.5, 0.6) is 0 Å². The molecule has 0 fully saturated rings. The van der Waals surface area contributed by atoms with Crippen molar-refractivity contribution in [2.75, 3.05) is 11.9 Å². The number of anilines is 1. The number of hydrogen-bond acceptors (Lipinski definition) is 1. The van der Waals surface area contributed by atoms with Crippen LogP contribution in [-0.2, 0) is 0 Å². The summed E-state index contributed by atoms with van der Waals surface area (Å²) >= 11 is 0. The number of rotatable bonds is 4. The first-order valence-electron chi connectivity index (χ1n) is 4.53. The van der Waals surface area contributed by atoms with E-state index in [4.69, 9.17) is 6.42 Å². The van der Waals surface area contributed by atoms with Crippen LogP contribution in [0, 0.1) is 19.3 Å². The van der Waals surface area contributed by atoms with Gasteiger partial charge in [-0.25, -0.2) is 0 Å². The highest BCUT2D eigenvalue weighted by Crippen LogP contribution is 2.08. The van der Waals surface area contributed by atoms with Crippen molar-refractivity contribution in [1.29, 1.82) is 0 Å². The van der Waals surface area contributed by atoms with Gasteiger partial charge in [0.25, 0.3) is 0 Å². The third-order valence-corrected chi connectivity index (χ3v) is 1.86. The van der Waals surface area contributed by atoms with Gasteiger partial charge in [-0.2, -0.15) is 0 Å². The molecule has 1 aromatic carbocycles. The lowest BCUT2D eigenvalue weighted by Crippen LogP contribution is -2.00. The predicted octanol–water partition coefficient (Wildman–Crippen LogP) is 2.78. The van der Waals surface area contributed by atoms with Crippen LogP contribution in [0.2, 0.25) is 0 Å². The van der Waals surface area contributed by atoms with Gasteiger partial charge in [0, 0.05) is 18.7 Å². The first-order valence-corrected chi connectivity index (χ1v) is 4.53. The predicted molar refractivity (Wildman–Crippen MR) is 56.0 cm³/mol. The van der Waals surface area contributed by atoms with Gasteiger partial charge in [-0.05, 0) is 31.9 Å². The van der Waals surface area contributed by atoms with Crippen LogP contribution >= 0.6 is 0 Å². The van der Waals surface area contributed by atoms with E-state index >= 15 is 0 Å². The fourth-order valence-electron chi connectivity index (χ4n) is 1.08. The van der Waals surface area contributed by atoms with Gasteiger partial charge in [0.15, 0.2) is 0 Å². The summed E-state index contributed by atoms with van der Waals surface area (Å²) in [5.41, 5.74) is 2.42. The van der Waals surface area contributed by atoms with Gasteiger partial charge in [-0.15, -0.1) is 0 Å². The highest BCUT2D eigenvalue weighted by Gasteiger charge is 1.89. The molecule has 1 rings (SSSR count). The monoisotopic (exact) mass is 172 g/mol. The second-order valence-corrected chi connectivity index (χ2v) is 3.07. The molecule has 0 aromatic heterocycles. The van der Waals surface area contributed by atoms with Gasteiger partial charge in [-0.1, -0.05) is 23.6 Å². The molecule has 0 spiro atoms. The third-order valence-electron chi connectivity index (χ3n) is 1.86. The van der Waals surface area contributed by atoms with Gasteiger partial charge in [0.1, 0.15) is 0 Å². The molecule has 1 heteroatoms. The highest BCUT2D eigenvalue weighted by molar-refractivity contribution is 5.44. The quantitative estimate of drug-likeness (QED) is 0.544. The van der Waals surface area contributed by atoms with Gasteiger partial charge >= 0.3 is 0 Å². The molecule has 0 amide bonds.